The lowest BCUT2D eigenvalue weighted by Gasteiger charge is -2.52. The number of rotatable bonds is 6. The Morgan fingerprint density at radius 2 is 1.64 bits per heavy atom. The van der Waals surface area contributed by atoms with E-state index in [9.17, 15) is 18.0 Å². The SMILES string of the molecule is COC[C@@H](c1ccc(C(F)(F)F)cc1)N1CCN(C2(C)CCN(C(=O)c3c(C)ncnc3C)CC2)C[C@@H]1C.O=[P+](O)O. The Labute approximate surface area is 245 Å². The van der Waals surface area contributed by atoms with Gasteiger partial charge >= 0.3 is 14.4 Å². The molecule has 2 fully saturated rings. The molecule has 0 saturated carbocycles. The summed E-state index contributed by atoms with van der Waals surface area (Å²) in [5.74, 6) is -0.000198. The largest absolute Gasteiger partial charge is 0.692 e. The van der Waals surface area contributed by atoms with Gasteiger partial charge in [-0.1, -0.05) is 12.1 Å². The first-order valence-corrected chi connectivity index (χ1v) is 14.9. The van der Waals surface area contributed by atoms with Crippen molar-refractivity contribution in [1.82, 2.24) is 24.7 Å². The quantitative estimate of drug-likeness (QED) is 0.463. The van der Waals surface area contributed by atoms with Gasteiger partial charge in [-0.05, 0) is 58.2 Å². The van der Waals surface area contributed by atoms with Crippen molar-refractivity contribution in [2.75, 3.05) is 46.4 Å². The van der Waals surface area contributed by atoms with Crippen LogP contribution >= 0.6 is 8.25 Å². The van der Waals surface area contributed by atoms with E-state index in [4.69, 9.17) is 19.1 Å². The van der Waals surface area contributed by atoms with Crippen LogP contribution in [0.4, 0.5) is 13.2 Å². The zero-order valence-electron chi connectivity index (χ0n) is 24.6. The van der Waals surface area contributed by atoms with Gasteiger partial charge in [0.05, 0.1) is 35.2 Å². The lowest BCUT2D eigenvalue weighted by molar-refractivity contribution is -0.137. The van der Waals surface area contributed by atoms with Crippen molar-refractivity contribution in [3.05, 3.63) is 58.7 Å². The normalized spacial score (nSPS) is 20.4. The summed E-state index contributed by atoms with van der Waals surface area (Å²) in [4.78, 5) is 42.7. The van der Waals surface area contributed by atoms with E-state index in [1.165, 1.54) is 6.33 Å². The molecule has 0 aliphatic carbocycles. The third-order valence-corrected chi connectivity index (χ3v) is 8.36. The topological polar surface area (TPSA) is 119 Å². The molecule has 1 amide bonds. The van der Waals surface area contributed by atoms with Crippen LogP contribution in [0, 0.1) is 13.8 Å². The molecular formula is C28H40F3N5O5P+. The molecule has 2 aliphatic rings. The molecule has 10 nitrogen and oxygen atoms in total. The fraction of sp³-hybridized carbons (Fsp3) is 0.607. The van der Waals surface area contributed by atoms with Gasteiger partial charge in [-0.15, -0.1) is 9.79 Å². The molecule has 0 spiro atoms. The van der Waals surface area contributed by atoms with E-state index in [1.807, 2.05) is 18.7 Å². The van der Waals surface area contributed by atoms with Crippen LogP contribution in [-0.4, -0.2) is 98.4 Å². The second kappa shape index (κ2) is 14.3. The van der Waals surface area contributed by atoms with Gasteiger partial charge in [-0.25, -0.2) is 9.97 Å². The number of alkyl halides is 3. The number of amides is 1. The molecule has 1 aromatic heterocycles. The van der Waals surface area contributed by atoms with E-state index in [-0.39, 0.29) is 23.5 Å². The predicted octanol–water partition coefficient (Wildman–Crippen LogP) is 4.13. The number of piperazine rings is 1. The molecule has 42 heavy (non-hydrogen) atoms. The highest BCUT2D eigenvalue weighted by Gasteiger charge is 2.41. The van der Waals surface area contributed by atoms with Crippen LogP contribution in [0.2, 0.25) is 0 Å². The maximum atomic E-state index is 13.2. The van der Waals surface area contributed by atoms with E-state index in [1.54, 1.807) is 19.2 Å². The molecule has 14 heteroatoms. The number of likely N-dealkylation sites (tertiary alicyclic amines) is 1. The summed E-state index contributed by atoms with van der Waals surface area (Å²) in [6.07, 6.45) is -1.12. The van der Waals surface area contributed by atoms with Crippen LogP contribution in [0.15, 0.2) is 30.6 Å². The average Bonchev–Trinajstić information content (AvgIpc) is 2.91. The lowest BCUT2D eigenvalue weighted by atomic mass is 9.86. The molecule has 2 atom stereocenters. The second-order valence-electron chi connectivity index (χ2n) is 11.1. The standard InChI is InChI=1S/C28H38F3N5O2.HO3P/c1-19-16-35(14-15-36(19)24(17-38-5)22-6-8-23(9-7-22)28(29,30)31)27(4)10-12-34(13-11-27)26(37)25-20(2)32-18-33-21(25)3;1-4(2)3/h6-9,18-19,24H,10-17H2,1-5H3;(H-,1,2,3)/p+1/t19-,24-;/m0./s1. The van der Waals surface area contributed by atoms with Crippen molar-refractivity contribution < 1.29 is 37.1 Å². The number of carbonyl (C=O) groups excluding carboxylic acids is 1. The molecule has 0 radical (unpaired) electrons. The van der Waals surface area contributed by atoms with Crippen LogP contribution < -0.4 is 0 Å². The van der Waals surface area contributed by atoms with Crippen LogP contribution in [0.1, 0.15) is 65.6 Å². The minimum absolute atomic E-state index is 0.000198. The fourth-order valence-electron chi connectivity index (χ4n) is 5.93. The van der Waals surface area contributed by atoms with Crippen molar-refractivity contribution >= 4 is 14.2 Å². The third-order valence-electron chi connectivity index (χ3n) is 8.36. The fourth-order valence-corrected chi connectivity index (χ4v) is 5.93. The number of hydrogen-bond donors (Lipinski definition) is 2. The number of aryl methyl sites for hydroxylation is 2. The molecule has 232 valence electrons. The van der Waals surface area contributed by atoms with Gasteiger partial charge < -0.3 is 9.64 Å². The molecule has 4 rings (SSSR count). The minimum atomic E-state index is -4.35. The van der Waals surface area contributed by atoms with Gasteiger partial charge in [0.2, 0.25) is 0 Å². The summed E-state index contributed by atoms with van der Waals surface area (Å²) in [5.41, 5.74) is 2.18. The number of aromatic nitrogens is 2. The maximum absolute atomic E-state index is 13.2. The van der Waals surface area contributed by atoms with Crippen molar-refractivity contribution in [2.24, 2.45) is 0 Å². The number of methoxy groups -OCH3 is 1. The van der Waals surface area contributed by atoms with E-state index >= 15 is 0 Å². The van der Waals surface area contributed by atoms with Gasteiger partial charge in [0.1, 0.15) is 6.33 Å². The Kier molecular flexibility index (Phi) is 11.6. The minimum Gasteiger partial charge on any atom is -0.383 e. The Morgan fingerprint density at radius 1 is 1.10 bits per heavy atom. The predicted molar refractivity (Wildman–Crippen MR) is 151 cm³/mol. The van der Waals surface area contributed by atoms with Crippen molar-refractivity contribution in [1.29, 1.82) is 0 Å². The Balaban J connectivity index is 0.00000114. The van der Waals surface area contributed by atoms with Crippen LogP contribution in [0.3, 0.4) is 0 Å². The van der Waals surface area contributed by atoms with E-state index in [0.717, 1.165) is 50.2 Å². The van der Waals surface area contributed by atoms with Crippen LogP contribution in [0.5, 0.6) is 0 Å². The van der Waals surface area contributed by atoms with Crippen molar-refractivity contribution in [3.63, 3.8) is 0 Å². The van der Waals surface area contributed by atoms with Crippen molar-refractivity contribution in [3.8, 4) is 0 Å². The summed E-state index contributed by atoms with van der Waals surface area (Å²) in [6, 6.07) is 5.52. The Bertz CT molecular complexity index is 1200. The number of ether oxygens (including phenoxy) is 1. The van der Waals surface area contributed by atoms with E-state index < -0.39 is 20.0 Å². The zero-order chi connectivity index (χ0) is 31.2. The molecule has 1 aromatic carbocycles. The summed E-state index contributed by atoms with van der Waals surface area (Å²) < 4.78 is 53.4. The molecule has 3 heterocycles. The number of halogens is 3. The third kappa shape index (κ3) is 8.30. The number of carbonyl (C=O) groups is 1. The first-order valence-electron chi connectivity index (χ1n) is 13.8. The van der Waals surface area contributed by atoms with Crippen molar-refractivity contribution in [2.45, 2.75) is 64.3 Å². The zero-order valence-corrected chi connectivity index (χ0v) is 25.5. The molecule has 2 saturated heterocycles. The van der Waals surface area contributed by atoms with Crippen LogP contribution in [-0.2, 0) is 15.5 Å². The monoisotopic (exact) mass is 614 g/mol. The van der Waals surface area contributed by atoms with Gasteiger partial charge in [-0.2, -0.15) is 13.2 Å². The number of benzene rings is 1. The maximum Gasteiger partial charge on any atom is 0.692 e. The number of hydrogen-bond acceptors (Lipinski definition) is 7. The first-order chi connectivity index (χ1) is 19.7. The summed E-state index contributed by atoms with van der Waals surface area (Å²) in [5, 5.41) is 0. The molecule has 0 bridgehead atoms. The second-order valence-corrected chi connectivity index (χ2v) is 11.6. The molecule has 0 unspecified atom stereocenters. The summed E-state index contributed by atoms with van der Waals surface area (Å²) in [6.45, 7) is 12.4. The Hall–Kier alpha value is -2.54. The average molecular weight is 615 g/mol. The summed E-state index contributed by atoms with van der Waals surface area (Å²) >= 11 is 0. The number of piperidine rings is 1. The molecular weight excluding hydrogens is 574 g/mol. The van der Waals surface area contributed by atoms with E-state index in [0.29, 0.717) is 36.6 Å². The van der Waals surface area contributed by atoms with E-state index in [2.05, 4.69) is 33.6 Å². The highest BCUT2D eigenvalue weighted by atomic mass is 31.1. The van der Waals surface area contributed by atoms with Gasteiger partial charge in [0.15, 0.2) is 0 Å². The molecule has 2 N–H and O–H groups in total. The molecule has 2 aliphatic heterocycles. The first kappa shape index (κ1) is 34.0. The Morgan fingerprint density at radius 3 is 2.12 bits per heavy atom. The van der Waals surface area contributed by atoms with Gasteiger partial charge in [0, 0.05) is 56.0 Å². The summed E-state index contributed by atoms with van der Waals surface area (Å²) in [7, 11) is -1.25. The van der Waals surface area contributed by atoms with Gasteiger partial charge in [0.25, 0.3) is 5.91 Å². The smallest absolute Gasteiger partial charge is 0.383 e. The highest BCUT2D eigenvalue weighted by Crippen LogP contribution is 2.35. The van der Waals surface area contributed by atoms with Gasteiger partial charge in [-0.3, -0.25) is 14.6 Å². The number of nitrogens with zero attached hydrogens (tertiary/aromatic N) is 5. The lowest BCUT2D eigenvalue weighted by Crippen LogP contribution is -2.62. The molecule has 2 aromatic rings. The van der Waals surface area contributed by atoms with Crippen LogP contribution in [0.25, 0.3) is 0 Å². The highest BCUT2D eigenvalue weighted by molar-refractivity contribution is 7.30.